The van der Waals surface area contributed by atoms with Crippen molar-refractivity contribution < 1.29 is 37.9 Å². The second kappa shape index (κ2) is 14.2. The molecule has 0 unspecified atom stereocenters. The summed E-state index contributed by atoms with van der Waals surface area (Å²) in [5.41, 5.74) is -4.44. The van der Waals surface area contributed by atoms with Crippen LogP contribution in [0.15, 0.2) is 24.2 Å². The molecule has 0 saturated carbocycles. The van der Waals surface area contributed by atoms with Gasteiger partial charge in [0, 0.05) is 78.5 Å². The van der Waals surface area contributed by atoms with Crippen LogP contribution in [0.25, 0.3) is 0 Å². The number of anilines is 2. The Morgan fingerprint density at radius 2 is 2.10 bits per heavy atom. The summed E-state index contributed by atoms with van der Waals surface area (Å²) in [7, 11) is -5.88. The van der Waals surface area contributed by atoms with E-state index in [0.29, 0.717) is 32.7 Å². The summed E-state index contributed by atoms with van der Waals surface area (Å²) in [5.74, 6) is -5.74. The van der Waals surface area contributed by atoms with Crippen LogP contribution in [0.3, 0.4) is 0 Å². The topological polar surface area (TPSA) is 73.0 Å². The number of rotatable bonds is 10. The van der Waals surface area contributed by atoms with E-state index in [9.17, 15) is 13.2 Å². The van der Waals surface area contributed by atoms with E-state index in [-0.39, 0.29) is 39.9 Å². The highest BCUT2D eigenvalue weighted by atomic mass is 35.5. The van der Waals surface area contributed by atoms with Crippen molar-refractivity contribution >= 4 is 52.0 Å². The molecule has 1 saturated heterocycles. The molecular formula is C21H38Cl2N4O3S. The van der Waals surface area contributed by atoms with Gasteiger partial charge >= 0.3 is 0 Å². The molecule has 1 aromatic carbocycles. The molecule has 0 aliphatic carbocycles. The number of piperazine rings is 1. The van der Waals surface area contributed by atoms with E-state index in [2.05, 4.69) is 24.6 Å². The number of halogens is 2. The normalized spacial score (nSPS) is 26.2. The Bertz CT molecular complexity index is 1390. The van der Waals surface area contributed by atoms with Crippen molar-refractivity contribution in [3.63, 3.8) is 0 Å². The summed E-state index contributed by atoms with van der Waals surface area (Å²) in [6.07, 6.45) is 0.00454. The number of amides is 1. The zero-order valence-electron chi connectivity index (χ0n) is 36.5. The molecule has 31 heavy (non-hydrogen) atoms. The van der Waals surface area contributed by atoms with Crippen molar-refractivity contribution in [2.75, 3.05) is 62.2 Å². The Morgan fingerprint density at radius 1 is 1.35 bits per heavy atom. The third-order valence-electron chi connectivity index (χ3n) is 4.26. The van der Waals surface area contributed by atoms with Crippen LogP contribution in [-0.4, -0.2) is 77.8 Å². The third kappa shape index (κ3) is 10.4. The SMILES string of the molecule is [2H]Cl.[2H]Cl.[2H]c1cc([2H])c(N([2H])C(=O)C([2H])([2H])[2H])cc1N1CCN(CCCCN(C([2H])([2H])[2H])S(=O)(=O)C([2H])([2H])C([2H])(C([2H])([2H])[2H])C([2H])([2H])[2H])CC1. The lowest BCUT2D eigenvalue weighted by molar-refractivity contribution is -0.114. The number of carbonyl (C=O) groups is 1. The number of hydrogen-bond acceptors (Lipinski definition) is 5. The summed E-state index contributed by atoms with van der Waals surface area (Å²) in [4.78, 5) is 15.7. The van der Waals surface area contributed by atoms with Crippen molar-refractivity contribution in [1.29, 1.82) is 2.35 Å². The number of nitrogens with one attached hydrogen (secondary N) is 1. The molecule has 1 N–H and O–H groups in total. The van der Waals surface area contributed by atoms with Gasteiger partial charge in [-0.25, -0.2) is 12.7 Å². The lowest BCUT2D eigenvalue weighted by Crippen LogP contribution is -2.46. The number of carbonyl (C=O) groups excluding carboxylic acids is 1. The minimum Gasteiger partial charge on any atom is -0.369 e. The quantitative estimate of drug-likeness (QED) is 0.482. The van der Waals surface area contributed by atoms with E-state index in [1.54, 1.807) is 4.90 Å². The van der Waals surface area contributed by atoms with Crippen LogP contribution in [0.4, 0.5) is 11.4 Å². The smallest absolute Gasteiger partial charge is 0.221 e. The number of benzene rings is 1. The Kier molecular flexibility index (Phi) is 4.78. The van der Waals surface area contributed by atoms with Crippen LogP contribution in [0, 0.1) is 5.89 Å². The second-order valence-corrected chi connectivity index (χ2v) is 7.95. The number of nitrogens with zero attached hydrogens (tertiary/aromatic N) is 3. The molecule has 2 rings (SSSR count). The van der Waals surface area contributed by atoms with E-state index in [0.717, 1.165) is 6.07 Å². The molecule has 1 aromatic rings. The molecule has 0 spiro atoms. The van der Waals surface area contributed by atoms with Gasteiger partial charge in [0.2, 0.25) is 15.9 Å². The maximum absolute atomic E-state index is 13.3. The Balaban J connectivity index is 0.00000602. The van der Waals surface area contributed by atoms with E-state index >= 15 is 0 Å². The molecule has 1 aliphatic heterocycles. The highest BCUT2D eigenvalue weighted by molar-refractivity contribution is 7.89. The third-order valence-corrected chi connectivity index (χ3v) is 5.48. The lowest BCUT2D eigenvalue weighted by Gasteiger charge is -2.36. The van der Waals surface area contributed by atoms with Gasteiger partial charge < -0.3 is 10.2 Å². The first-order chi connectivity index (χ1) is 22.9. The summed E-state index contributed by atoms with van der Waals surface area (Å²) < 4.78 is 174. The van der Waals surface area contributed by atoms with Gasteiger partial charge in [-0.1, -0.05) is 19.8 Å². The van der Waals surface area contributed by atoms with Crippen LogP contribution in [0.5, 0.6) is 0 Å². The van der Waals surface area contributed by atoms with Gasteiger partial charge in [0.25, 0.3) is 0 Å². The predicted molar refractivity (Wildman–Crippen MR) is 134 cm³/mol. The largest absolute Gasteiger partial charge is 0.369 e. The standard InChI is InChI=1S/C21H36N4O3S.2ClH/c1-18(2)17-29(27,28)23(4)10-5-6-11-24-12-14-25(15-13-24)21-9-7-8-20(16-21)22-19(3)26;;/h7-9,16,18H,5-6,10-15,17H2,1-4H3,(H,22,26);2*1H/i1D3,2D3,3D3,4D3,8D,9D,17D2,18D;;/hD3. The minimum absolute atomic E-state index is 0.0959. The van der Waals surface area contributed by atoms with Crippen molar-refractivity contribution in [3.05, 3.63) is 24.2 Å². The molecule has 1 aliphatic rings. The molecule has 1 amide bonds. The maximum Gasteiger partial charge on any atom is 0.221 e. The zero-order chi connectivity index (χ0) is 40.8. The Morgan fingerprint density at radius 3 is 2.74 bits per heavy atom. The van der Waals surface area contributed by atoms with E-state index < -0.39 is 67.6 Å². The summed E-state index contributed by atoms with van der Waals surface area (Å²) in [6, 6.07) is 1.81. The molecule has 1 heterocycles. The monoisotopic (exact) mass is 516 g/mol. The number of sulfonamides is 1. The molecule has 0 atom stereocenters. The Hall–Kier alpha value is -1.06. The minimum atomic E-state index is -5.88. The predicted octanol–water partition coefficient (Wildman–Crippen LogP) is 3.31. The van der Waals surface area contributed by atoms with Crippen molar-refractivity contribution in [1.82, 2.24) is 9.21 Å². The van der Waals surface area contributed by atoms with Crippen molar-refractivity contribution in [2.45, 2.75) is 33.4 Å². The van der Waals surface area contributed by atoms with Crippen LogP contribution in [0.2, 0.25) is 1.41 Å². The number of unbranched alkanes of at least 4 members (excludes halogenated alkanes) is 1. The van der Waals surface area contributed by atoms with E-state index in [1.807, 2.05) is 4.90 Å². The molecule has 180 valence electrons. The lowest BCUT2D eigenvalue weighted by atomic mass is 10.2. The van der Waals surface area contributed by atoms with Gasteiger partial charge in [-0.15, -0.1) is 24.6 Å². The summed E-state index contributed by atoms with van der Waals surface area (Å²) in [6.45, 7) is -13.8. The molecule has 0 radical (unpaired) electrons. The Labute approximate surface area is 228 Å². The molecule has 0 bridgehead atoms. The van der Waals surface area contributed by atoms with E-state index in [4.69, 9.17) is 27.1 Å². The fourth-order valence-corrected chi connectivity index (χ4v) is 3.60. The van der Waals surface area contributed by atoms with Gasteiger partial charge in [-0.2, -0.15) is 0 Å². The van der Waals surface area contributed by atoms with Gasteiger partial charge in [-0.05, 0) is 43.4 Å². The molecule has 0 aromatic heterocycles. The second-order valence-electron chi connectivity index (χ2n) is 6.35. The van der Waals surface area contributed by atoms with Crippen LogP contribution in [0.1, 0.15) is 56.7 Å². The first-order valence-electron chi connectivity index (χ1n) is 18.6. The average molecular weight is 518 g/mol. The molecule has 1 fully saturated rings. The first kappa shape index (κ1) is 10.5. The zero-order valence-corrected chi connectivity index (χ0v) is 18.8. The molecule has 10 heteroatoms. The van der Waals surface area contributed by atoms with Crippen LogP contribution >= 0.6 is 24.6 Å². The summed E-state index contributed by atoms with van der Waals surface area (Å²) in [5, 5.41) is 0.0963. The van der Waals surface area contributed by atoms with Gasteiger partial charge in [-0.3, -0.25) is 9.69 Å². The van der Waals surface area contributed by atoms with Crippen LogP contribution < -0.4 is 10.2 Å². The fraction of sp³-hybridized carbons (Fsp3) is 0.667. The first-order valence-corrected chi connectivity index (χ1v) is 10.3. The average Bonchev–Trinajstić information content (AvgIpc) is 2.99. The van der Waals surface area contributed by atoms with Crippen molar-refractivity contribution in [2.24, 2.45) is 5.89 Å². The van der Waals surface area contributed by atoms with Gasteiger partial charge in [0.05, 0.1) is 8.45 Å². The van der Waals surface area contributed by atoms with Crippen molar-refractivity contribution in [3.8, 4) is 0 Å². The highest BCUT2D eigenvalue weighted by Crippen LogP contribution is 2.21. The maximum atomic E-state index is 13.3. The molecular weight excluding hydrogens is 459 g/mol. The van der Waals surface area contributed by atoms with E-state index in [1.165, 1.54) is 6.07 Å². The fourth-order valence-electron chi connectivity index (χ4n) is 2.86. The van der Waals surface area contributed by atoms with Gasteiger partial charge in [0.15, 0.2) is 1.41 Å². The highest BCUT2D eigenvalue weighted by Gasteiger charge is 2.20. The molecule has 7 nitrogen and oxygen atoms in total. The number of hydrogen-bond donors (Lipinski definition) is 1. The van der Waals surface area contributed by atoms with Crippen LogP contribution in [-0.2, 0) is 14.8 Å². The van der Waals surface area contributed by atoms with Gasteiger partial charge in [0.1, 0.15) is 2.35 Å². The summed E-state index contributed by atoms with van der Waals surface area (Å²) >= 11 is 7.78.